The standard InChI is InChI=1S/C24H25ClFN3O3S/c1-33(2,3)12-11-32-14-29-20(15-7-9-27-23-16(15)8-10-28-23)13-18(24(30)31)22(29)17-5-4-6-19(26)21(17)25/h4-10,13H,11-12,14H2,1-3H3,(H,27,28)(H,30,31). The first-order chi connectivity index (χ1) is 15.7. The normalized spacial score (nSPS) is 12.4. The van der Waals surface area contributed by atoms with Crippen LogP contribution in [-0.2, 0) is 11.5 Å². The molecule has 6 nitrogen and oxygen atoms in total. The number of nitrogens with one attached hydrogen (secondary N) is 1. The highest BCUT2D eigenvalue weighted by molar-refractivity contribution is 8.32. The lowest BCUT2D eigenvalue weighted by Crippen LogP contribution is -2.12. The molecule has 0 saturated carbocycles. The third-order valence-corrected chi connectivity index (χ3v) is 7.11. The van der Waals surface area contributed by atoms with Crippen molar-refractivity contribution in [3.63, 3.8) is 0 Å². The Hall–Kier alpha value is -2.81. The first-order valence-corrected chi connectivity index (χ1v) is 13.7. The number of fused-ring (bicyclic) bond motifs is 1. The van der Waals surface area contributed by atoms with Gasteiger partial charge in [-0.25, -0.2) is 24.2 Å². The molecule has 4 aromatic rings. The van der Waals surface area contributed by atoms with Crippen LogP contribution in [0.3, 0.4) is 0 Å². The summed E-state index contributed by atoms with van der Waals surface area (Å²) in [5.41, 5.74) is 2.70. The minimum atomic E-state index is -1.14. The summed E-state index contributed by atoms with van der Waals surface area (Å²) in [4.78, 5) is 19.7. The van der Waals surface area contributed by atoms with E-state index in [4.69, 9.17) is 16.3 Å². The van der Waals surface area contributed by atoms with E-state index in [1.807, 2.05) is 12.1 Å². The van der Waals surface area contributed by atoms with E-state index < -0.39 is 21.8 Å². The van der Waals surface area contributed by atoms with Crippen molar-refractivity contribution in [1.29, 1.82) is 0 Å². The van der Waals surface area contributed by atoms with Crippen LogP contribution in [0.5, 0.6) is 0 Å². The number of H-pyrrole nitrogens is 1. The van der Waals surface area contributed by atoms with Gasteiger partial charge >= 0.3 is 5.97 Å². The lowest BCUT2D eigenvalue weighted by molar-refractivity contribution is 0.0696. The lowest BCUT2D eigenvalue weighted by Gasteiger charge is -2.25. The summed E-state index contributed by atoms with van der Waals surface area (Å²) in [7, 11) is -0.756. The van der Waals surface area contributed by atoms with Crippen molar-refractivity contribution in [2.45, 2.75) is 6.73 Å². The number of hydrogen-bond acceptors (Lipinski definition) is 3. The number of pyridine rings is 1. The molecule has 9 heteroatoms. The Kier molecular flexibility index (Phi) is 6.52. The number of carboxylic acid groups (broad SMARTS) is 1. The van der Waals surface area contributed by atoms with E-state index >= 15 is 0 Å². The third kappa shape index (κ3) is 4.78. The van der Waals surface area contributed by atoms with Crippen LogP contribution in [0.2, 0.25) is 5.02 Å². The van der Waals surface area contributed by atoms with Gasteiger partial charge in [0.05, 0.1) is 28.6 Å². The zero-order valence-corrected chi connectivity index (χ0v) is 20.1. The predicted molar refractivity (Wildman–Crippen MR) is 133 cm³/mol. The molecule has 2 N–H and O–H groups in total. The number of hydrogen-bond donors (Lipinski definition) is 2. The maximum absolute atomic E-state index is 14.3. The van der Waals surface area contributed by atoms with E-state index in [-0.39, 0.29) is 17.3 Å². The molecule has 4 rings (SSSR count). The average molecular weight is 490 g/mol. The van der Waals surface area contributed by atoms with Gasteiger partial charge in [-0.05, 0) is 43.0 Å². The van der Waals surface area contributed by atoms with Crippen molar-refractivity contribution >= 4 is 38.6 Å². The molecule has 0 aliphatic heterocycles. The zero-order chi connectivity index (χ0) is 23.8. The number of rotatable bonds is 8. The van der Waals surface area contributed by atoms with Crippen molar-refractivity contribution in [3.05, 3.63) is 65.2 Å². The van der Waals surface area contributed by atoms with Gasteiger partial charge in [-0.1, -0.05) is 23.7 Å². The maximum atomic E-state index is 14.3. The molecule has 0 saturated heterocycles. The molecule has 0 amide bonds. The van der Waals surface area contributed by atoms with E-state index in [2.05, 4.69) is 28.7 Å². The summed E-state index contributed by atoms with van der Waals surface area (Å²) in [6.07, 6.45) is 10.1. The Labute approximate surface area is 197 Å². The van der Waals surface area contributed by atoms with Crippen molar-refractivity contribution in [3.8, 4) is 22.5 Å². The SMILES string of the molecule is CS(C)(C)CCOCn1c(-c2ccnc3[nH]ccc23)cc(C(=O)O)c1-c1cccc(F)c1Cl. The van der Waals surface area contributed by atoms with Crippen LogP contribution >= 0.6 is 21.6 Å². The molecule has 0 spiro atoms. The van der Waals surface area contributed by atoms with E-state index in [0.717, 1.165) is 16.7 Å². The Balaban J connectivity index is 1.92. The first-order valence-electron chi connectivity index (χ1n) is 10.2. The van der Waals surface area contributed by atoms with Gasteiger partial charge in [0.15, 0.2) is 0 Å². The Morgan fingerprint density at radius 2 is 2.03 bits per heavy atom. The molecule has 0 fully saturated rings. The number of nitrogens with zero attached hydrogens (tertiary/aromatic N) is 2. The number of aromatic nitrogens is 3. The summed E-state index contributed by atoms with van der Waals surface area (Å²) in [5.74, 6) is -0.847. The topological polar surface area (TPSA) is 80.1 Å². The molecule has 0 atom stereocenters. The van der Waals surface area contributed by atoms with Crippen LogP contribution in [0.1, 0.15) is 10.4 Å². The van der Waals surface area contributed by atoms with Crippen molar-refractivity contribution in [1.82, 2.24) is 14.5 Å². The van der Waals surface area contributed by atoms with Gasteiger partial charge < -0.3 is 19.4 Å². The third-order valence-electron chi connectivity index (χ3n) is 5.33. The zero-order valence-electron chi connectivity index (χ0n) is 18.6. The van der Waals surface area contributed by atoms with Crippen LogP contribution in [-0.4, -0.2) is 56.7 Å². The summed E-state index contributed by atoms with van der Waals surface area (Å²) in [5, 5.41) is 10.7. The van der Waals surface area contributed by atoms with E-state index in [1.54, 1.807) is 29.1 Å². The van der Waals surface area contributed by atoms with Crippen LogP contribution in [0, 0.1) is 5.82 Å². The molecule has 0 aliphatic rings. The predicted octanol–water partition coefficient (Wildman–Crippen LogP) is 5.86. The molecule has 0 unspecified atom stereocenters. The number of ether oxygens (including phenoxy) is 1. The van der Waals surface area contributed by atoms with E-state index in [1.165, 1.54) is 12.1 Å². The fraction of sp³-hybridized carbons (Fsp3) is 0.250. The van der Waals surface area contributed by atoms with E-state index in [9.17, 15) is 14.3 Å². The maximum Gasteiger partial charge on any atom is 0.337 e. The average Bonchev–Trinajstić information content (AvgIpc) is 3.37. The minimum Gasteiger partial charge on any atom is -0.478 e. The van der Waals surface area contributed by atoms with Crippen LogP contribution < -0.4 is 0 Å². The van der Waals surface area contributed by atoms with Crippen molar-refractivity contribution in [2.75, 3.05) is 31.1 Å². The highest BCUT2D eigenvalue weighted by atomic mass is 35.5. The lowest BCUT2D eigenvalue weighted by atomic mass is 10.1. The van der Waals surface area contributed by atoms with Crippen molar-refractivity contribution < 1.29 is 19.0 Å². The molecule has 0 aliphatic carbocycles. The van der Waals surface area contributed by atoms with Gasteiger partial charge in [-0.3, -0.25) is 0 Å². The van der Waals surface area contributed by atoms with Gasteiger partial charge in [-0.2, -0.15) is 0 Å². The number of benzene rings is 1. The molecule has 0 bridgehead atoms. The fourth-order valence-electron chi connectivity index (χ4n) is 3.70. The van der Waals surface area contributed by atoms with Crippen molar-refractivity contribution in [2.24, 2.45) is 0 Å². The number of carboxylic acids is 1. The highest BCUT2D eigenvalue weighted by Crippen LogP contribution is 2.39. The summed E-state index contributed by atoms with van der Waals surface area (Å²) in [6.45, 7) is 0.611. The Morgan fingerprint density at radius 3 is 2.76 bits per heavy atom. The van der Waals surface area contributed by atoms with Gasteiger partial charge in [0.25, 0.3) is 0 Å². The molecule has 1 aromatic carbocycles. The molecule has 3 heterocycles. The van der Waals surface area contributed by atoms with E-state index in [0.29, 0.717) is 29.2 Å². The molecular weight excluding hydrogens is 465 g/mol. The summed E-state index contributed by atoms with van der Waals surface area (Å²) >= 11 is 6.30. The second kappa shape index (κ2) is 9.21. The second-order valence-corrected chi connectivity index (χ2v) is 13.5. The quantitative estimate of drug-likeness (QED) is 0.304. The largest absolute Gasteiger partial charge is 0.478 e. The Morgan fingerprint density at radius 1 is 1.24 bits per heavy atom. The van der Waals surface area contributed by atoms with Crippen LogP contribution in [0.4, 0.5) is 4.39 Å². The molecule has 174 valence electrons. The number of carbonyl (C=O) groups is 1. The van der Waals surface area contributed by atoms with Gasteiger partial charge in [0, 0.05) is 34.7 Å². The van der Waals surface area contributed by atoms with Gasteiger partial charge in [0.1, 0.15) is 18.2 Å². The first kappa shape index (κ1) is 23.4. The smallest absolute Gasteiger partial charge is 0.337 e. The Bertz CT molecular complexity index is 1330. The molecule has 33 heavy (non-hydrogen) atoms. The van der Waals surface area contributed by atoms with Gasteiger partial charge in [0.2, 0.25) is 0 Å². The summed E-state index contributed by atoms with van der Waals surface area (Å²) in [6, 6.07) is 9.66. The minimum absolute atomic E-state index is 0.0167. The molecular formula is C24H25ClFN3O3S. The second-order valence-electron chi connectivity index (χ2n) is 8.56. The van der Waals surface area contributed by atoms with Crippen LogP contribution in [0.25, 0.3) is 33.5 Å². The highest BCUT2D eigenvalue weighted by Gasteiger charge is 2.25. The number of aromatic amines is 1. The fourth-order valence-corrected chi connectivity index (χ4v) is 4.53. The monoisotopic (exact) mass is 489 g/mol. The molecule has 0 radical (unpaired) electrons. The van der Waals surface area contributed by atoms with Gasteiger partial charge in [-0.15, -0.1) is 0 Å². The summed E-state index contributed by atoms with van der Waals surface area (Å²) < 4.78 is 22.1. The van der Waals surface area contributed by atoms with Crippen LogP contribution in [0.15, 0.2) is 48.8 Å². The molecule has 3 aromatic heterocycles. The number of halogens is 2. The number of aromatic carboxylic acids is 1.